The number of amides is 1. The lowest BCUT2D eigenvalue weighted by Crippen LogP contribution is -2.26. The van der Waals surface area contributed by atoms with E-state index in [0.717, 1.165) is 5.39 Å². The molecular weight excluding hydrogens is 354 g/mol. The van der Waals surface area contributed by atoms with Crippen LogP contribution >= 0.6 is 11.3 Å². The molecule has 26 heavy (non-hydrogen) atoms. The first-order valence-electron chi connectivity index (χ1n) is 7.85. The molecule has 3 aromatic heterocycles. The molecule has 0 spiro atoms. The Morgan fingerprint density at radius 2 is 2.27 bits per heavy atom. The Morgan fingerprint density at radius 1 is 1.38 bits per heavy atom. The van der Waals surface area contributed by atoms with Crippen molar-refractivity contribution in [1.29, 1.82) is 0 Å². The summed E-state index contributed by atoms with van der Waals surface area (Å²) in [5.41, 5.74) is 1.30. The Hall–Kier alpha value is -3.20. The number of rotatable bonds is 5. The van der Waals surface area contributed by atoms with Gasteiger partial charge in [0.05, 0.1) is 18.8 Å². The number of thiophene rings is 1. The standard InChI is InChI=1S/C17H15N5O3S/c1-10(14-8-11-4-3-5-13(24-2)15(11)25-14)19-17(23)16-12(6-7-26-16)22-9-18-20-21-22/h3-10H,1-2H3,(H,19,23). The van der Waals surface area contributed by atoms with Gasteiger partial charge < -0.3 is 14.5 Å². The number of aromatic nitrogens is 4. The van der Waals surface area contributed by atoms with E-state index >= 15 is 0 Å². The average Bonchev–Trinajstić information content (AvgIpc) is 3.39. The quantitative estimate of drug-likeness (QED) is 0.581. The zero-order valence-corrected chi connectivity index (χ0v) is 14.9. The van der Waals surface area contributed by atoms with E-state index in [-0.39, 0.29) is 11.9 Å². The molecule has 0 aliphatic rings. The lowest BCUT2D eigenvalue weighted by Gasteiger charge is -2.11. The smallest absolute Gasteiger partial charge is 0.264 e. The van der Waals surface area contributed by atoms with Crippen LogP contribution in [0.3, 0.4) is 0 Å². The van der Waals surface area contributed by atoms with Crippen molar-refractivity contribution in [3.8, 4) is 11.4 Å². The largest absolute Gasteiger partial charge is 0.493 e. The highest BCUT2D eigenvalue weighted by Gasteiger charge is 2.20. The van der Waals surface area contributed by atoms with E-state index in [1.807, 2.05) is 36.6 Å². The maximum atomic E-state index is 12.7. The number of hydrogen-bond donors (Lipinski definition) is 1. The molecule has 132 valence electrons. The van der Waals surface area contributed by atoms with E-state index in [1.54, 1.807) is 13.2 Å². The highest BCUT2D eigenvalue weighted by Crippen LogP contribution is 2.31. The van der Waals surface area contributed by atoms with Gasteiger partial charge >= 0.3 is 0 Å². The SMILES string of the molecule is COc1cccc2cc(C(C)NC(=O)c3sccc3-n3cnnn3)oc12. The minimum Gasteiger partial charge on any atom is -0.493 e. The second-order valence-corrected chi connectivity index (χ2v) is 6.53. The fourth-order valence-corrected chi connectivity index (χ4v) is 3.47. The fourth-order valence-electron chi connectivity index (χ4n) is 2.69. The number of carbonyl (C=O) groups excluding carboxylic acids is 1. The molecule has 1 atom stereocenters. The van der Waals surface area contributed by atoms with Gasteiger partial charge in [0, 0.05) is 5.39 Å². The van der Waals surface area contributed by atoms with E-state index in [1.165, 1.54) is 22.3 Å². The van der Waals surface area contributed by atoms with Crippen LogP contribution in [0, 0.1) is 0 Å². The molecule has 0 aliphatic carbocycles. The number of tetrazole rings is 1. The van der Waals surface area contributed by atoms with E-state index in [4.69, 9.17) is 9.15 Å². The number of ether oxygens (including phenoxy) is 1. The highest BCUT2D eigenvalue weighted by atomic mass is 32.1. The minimum absolute atomic E-state index is 0.217. The molecule has 4 aromatic rings. The van der Waals surface area contributed by atoms with Crippen molar-refractivity contribution in [3.63, 3.8) is 0 Å². The number of benzene rings is 1. The van der Waals surface area contributed by atoms with E-state index in [0.29, 0.717) is 27.7 Å². The Balaban J connectivity index is 1.58. The molecule has 0 fully saturated rings. The van der Waals surface area contributed by atoms with Crippen LogP contribution in [0.4, 0.5) is 0 Å². The third kappa shape index (κ3) is 2.82. The van der Waals surface area contributed by atoms with Gasteiger partial charge in [-0.05, 0) is 40.9 Å². The van der Waals surface area contributed by atoms with Crippen LogP contribution in [-0.2, 0) is 0 Å². The van der Waals surface area contributed by atoms with Crippen molar-refractivity contribution in [2.45, 2.75) is 13.0 Å². The number of fused-ring (bicyclic) bond motifs is 1. The summed E-state index contributed by atoms with van der Waals surface area (Å²) in [5, 5.41) is 16.7. The molecule has 4 rings (SSSR count). The van der Waals surface area contributed by atoms with Crippen LogP contribution in [0.25, 0.3) is 16.7 Å². The molecule has 0 aliphatic heterocycles. The number of nitrogens with zero attached hydrogens (tertiary/aromatic N) is 4. The lowest BCUT2D eigenvalue weighted by atomic mass is 10.2. The molecule has 0 bridgehead atoms. The summed E-state index contributed by atoms with van der Waals surface area (Å²) in [6.07, 6.45) is 1.45. The second-order valence-electron chi connectivity index (χ2n) is 5.61. The second kappa shape index (κ2) is 6.60. The predicted octanol–water partition coefficient (Wildman–Crippen LogP) is 2.97. The van der Waals surface area contributed by atoms with Gasteiger partial charge in [-0.2, -0.15) is 4.68 Å². The number of methoxy groups -OCH3 is 1. The molecular formula is C17H15N5O3S. The Morgan fingerprint density at radius 3 is 3.04 bits per heavy atom. The van der Waals surface area contributed by atoms with E-state index in [9.17, 15) is 4.79 Å². The van der Waals surface area contributed by atoms with Crippen molar-refractivity contribution in [2.75, 3.05) is 7.11 Å². The van der Waals surface area contributed by atoms with Gasteiger partial charge in [-0.15, -0.1) is 16.4 Å². The van der Waals surface area contributed by atoms with Gasteiger partial charge in [0.15, 0.2) is 11.3 Å². The first kappa shape index (κ1) is 16.3. The van der Waals surface area contributed by atoms with Crippen molar-refractivity contribution in [1.82, 2.24) is 25.5 Å². The van der Waals surface area contributed by atoms with Crippen LogP contribution in [0.5, 0.6) is 5.75 Å². The summed E-state index contributed by atoms with van der Waals surface area (Å²) in [4.78, 5) is 13.2. The van der Waals surface area contributed by atoms with Crippen molar-refractivity contribution < 1.29 is 13.9 Å². The summed E-state index contributed by atoms with van der Waals surface area (Å²) in [6, 6.07) is 9.06. The van der Waals surface area contributed by atoms with E-state index in [2.05, 4.69) is 20.8 Å². The molecule has 8 nitrogen and oxygen atoms in total. The number of carbonyl (C=O) groups is 1. The molecule has 9 heteroatoms. The normalized spacial score (nSPS) is 12.2. The molecule has 1 unspecified atom stereocenters. The Labute approximate surface area is 152 Å². The maximum absolute atomic E-state index is 12.7. The highest BCUT2D eigenvalue weighted by molar-refractivity contribution is 7.12. The minimum atomic E-state index is -0.316. The predicted molar refractivity (Wildman–Crippen MR) is 95.7 cm³/mol. The van der Waals surface area contributed by atoms with Crippen LogP contribution in [0.1, 0.15) is 28.4 Å². The zero-order valence-electron chi connectivity index (χ0n) is 14.0. The monoisotopic (exact) mass is 369 g/mol. The van der Waals surface area contributed by atoms with Crippen molar-refractivity contribution in [3.05, 3.63) is 52.7 Å². The van der Waals surface area contributed by atoms with Gasteiger partial charge in [-0.1, -0.05) is 12.1 Å². The van der Waals surface area contributed by atoms with Crippen LogP contribution < -0.4 is 10.1 Å². The van der Waals surface area contributed by atoms with Crippen LogP contribution in [0.15, 0.2) is 46.5 Å². The summed E-state index contributed by atoms with van der Waals surface area (Å²) in [6.45, 7) is 1.87. The summed E-state index contributed by atoms with van der Waals surface area (Å²) in [7, 11) is 1.60. The van der Waals surface area contributed by atoms with Gasteiger partial charge in [0.2, 0.25) is 0 Å². The number of nitrogens with one attached hydrogen (secondary N) is 1. The Bertz CT molecular complexity index is 1050. The molecule has 1 aromatic carbocycles. The number of para-hydroxylation sites is 1. The van der Waals surface area contributed by atoms with Crippen LogP contribution in [0.2, 0.25) is 0 Å². The molecule has 0 saturated heterocycles. The first-order chi connectivity index (χ1) is 12.7. The third-order valence-corrected chi connectivity index (χ3v) is 4.87. The summed E-state index contributed by atoms with van der Waals surface area (Å²) < 4.78 is 12.7. The fraction of sp³-hybridized carbons (Fsp3) is 0.176. The summed E-state index contributed by atoms with van der Waals surface area (Å²) >= 11 is 1.33. The third-order valence-electron chi connectivity index (χ3n) is 3.97. The van der Waals surface area contributed by atoms with E-state index < -0.39 is 0 Å². The number of furan rings is 1. The van der Waals surface area contributed by atoms with Crippen molar-refractivity contribution >= 4 is 28.2 Å². The van der Waals surface area contributed by atoms with Gasteiger partial charge in [0.25, 0.3) is 5.91 Å². The molecule has 1 amide bonds. The van der Waals surface area contributed by atoms with Crippen molar-refractivity contribution in [2.24, 2.45) is 0 Å². The van der Waals surface area contributed by atoms with Crippen LogP contribution in [-0.4, -0.2) is 33.2 Å². The Kier molecular flexibility index (Phi) is 4.13. The lowest BCUT2D eigenvalue weighted by molar-refractivity contribution is 0.0939. The average molecular weight is 369 g/mol. The molecule has 1 N–H and O–H groups in total. The molecule has 0 saturated carbocycles. The molecule has 0 radical (unpaired) electrons. The maximum Gasteiger partial charge on any atom is 0.264 e. The van der Waals surface area contributed by atoms with Gasteiger partial charge in [0.1, 0.15) is 17.0 Å². The van der Waals surface area contributed by atoms with Gasteiger partial charge in [-0.25, -0.2) is 0 Å². The number of hydrogen-bond acceptors (Lipinski definition) is 7. The topological polar surface area (TPSA) is 95.1 Å². The molecule has 3 heterocycles. The van der Waals surface area contributed by atoms with Gasteiger partial charge in [-0.3, -0.25) is 4.79 Å². The first-order valence-corrected chi connectivity index (χ1v) is 8.73. The zero-order chi connectivity index (χ0) is 18.1. The summed E-state index contributed by atoms with van der Waals surface area (Å²) in [5.74, 6) is 1.09.